The summed E-state index contributed by atoms with van der Waals surface area (Å²) in [6.45, 7) is 0. The molecule has 0 spiro atoms. The fourth-order valence-corrected chi connectivity index (χ4v) is 7.89. The van der Waals surface area contributed by atoms with E-state index in [2.05, 4.69) is 143 Å². The van der Waals surface area contributed by atoms with Gasteiger partial charge in [-0.3, -0.25) is 4.57 Å². The highest BCUT2D eigenvalue weighted by molar-refractivity contribution is 6.29. The van der Waals surface area contributed by atoms with Crippen LogP contribution >= 0.6 is 0 Å². The molecule has 0 amide bonds. The second-order valence-corrected chi connectivity index (χ2v) is 12.6. The van der Waals surface area contributed by atoms with Gasteiger partial charge in [0.15, 0.2) is 0 Å². The molecule has 228 valence electrons. The van der Waals surface area contributed by atoms with Crippen LogP contribution in [0.4, 0.5) is 0 Å². The van der Waals surface area contributed by atoms with Crippen LogP contribution in [0, 0.1) is 0 Å². The van der Waals surface area contributed by atoms with Gasteiger partial charge in [-0.05, 0) is 54.6 Å². The molecule has 4 aromatic heterocycles. The van der Waals surface area contributed by atoms with Crippen LogP contribution in [0.2, 0.25) is 0 Å². The van der Waals surface area contributed by atoms with Crippen molar-refractivity contribution in [3.63, 3.8) is 0 Å². The fourth-order valence-electron chi connectivity index (χ4n) is 7.89. The predicted octanol–water partition coefficient (Wildman–Crippen LogP) is 11.4. The van der Waals surface area contributed by atoms with E-state index < -0.39 is 0 Å². The highest BCUT2D eigenvalue weighted by atomic mass is 16.3. The Labute approximate surface area is 279 Å². The van der Waals surface area contributed by atoms with E-state index >= 15 is 0 Å². The summed E-state index contributed by atoms with van der Waals surface area (Å²) in [6.07, 6.45) is 0. The number of fused-ring (bicyclic) bond motifs is 11. The number of benzene rings is 7. The van der Waals surface area contributed by atoms with Gasteiger partial charge in [0.2, 0.25) is 5.95 Å². The average Bonchev–Trinajstić information content (AvgIpc) is 3.82. The number of aromatic nitrogens is 4. The minimum atomic E-state index is 0.624. The smallest absolute Gasteiger partial charge is 0.235 e. The number of para-hydroxylation sites is 6. The van der Waals surface area contributed by atoms with E-state index in [-0.39, 0.29) is 0 Å². The average molecular weight is 627 g/mol. The third-order valence-corrected chi connectivity index (χ3v) is 9.94. The molecule has 5 heteroatoms. The van der Waals surface area contributed by atoms with Crippen molar-refractivity contribution >= 4 is 76.5 Å². The van der Waals surface area contributed by atoms with Crippen molar-refractivity contribution in [3.8, 4) is 22.9 Å². The van der Waals surface area contributed by atoms with Gasteiger partial charge in [-0.25, -0.2) is 9.97 Å². The van der Waals surface area contributed by atoms with E-state index in [1.165, 1.54) is 27.2 Å². The summed E-state index contributed by atoms with van der Waals surface area (Å²) < 4.78 is 11.1. The van der Waals surface area contributed by atoms with Crippen LogP contribution in [-0.4, -0.2) is 19.1 Å². The standard InChI is InChI=1S/C44H26N4O/c1-2-13-27(14-3-1)47-35-22-9-5-17-31(35)40-37(47)25-26-38-41(40)32-18-6-10-23-36(32)48(38)44-45-34-21-8-4-16-30(34)42(46-44)33-20-12-19-29-28-15-7-11-24-39(28)49-43(29)33/h1-26H. The normalized spacial score (nSPS) is 12.1. The molecule has 0 unspecified atom stereocenters. The Balaban J connectivity index is 1.26. The predicted molar refractivity (Wildman–Crippen MR) is 201 cm³/mol. The van der Waals surface area contributed by atoms with Gasteiger partial charge in [-0.2, -0.15) is 0 Å². The number of furan rings is 1. The van der Waals surface area contributed by atoms with Gasteiger partial charge in [0.25, 0.3) is 0 Å². The molecule has 0 saturated carbocycles. The van der Waals surface area contributed by atoms with Crippen molar-refractivity contribution in [2.75, 3.05) is 0 Å². The zero-order chi connectivity index (χ0) is 32.1. The second-order valence-electron chi connectivity index (χ2n) is 12.6. The third-order valence-electron chi connectivity index (χ3n) is 9.94. The summed E-state index contributed by atoms with van der Waals surface area (Å²) in [7, 11) is 0. The maximum atomic E-state index is 6.52. The molecule has 7 aromatic carbocycles. The minimum absolute atomic E-state index is 0.624. The fraction of sp³-hybridized carbons (Fsp3) is 0. The van der Waals surface area contributed by atoms with Gasteiger partial charge in [0.05, 0.1) is 33.3 Å². The van der Waals surface area contributed by atoms with E-state index in [1.54, 1.807) is 0 Å². The summed E-state index contributed by atoms with van der Waals surface area (Å²) in [5, 5.41) is 7.94. The SMILES string of the molecule is c1ccc(-n2c3ccccc3c3c4c5ccccc5n(-c5nc(-c6cccc7c6oc6ccccc67)c6ccccc6n5)c4ccc32)cc1. The molecular formula is C44H26N4O. The lowest BCUT2D eigenvalue weighted by atomic mass is 10.0. The van der Waals surface area contributed by atoms with Gasteiger partial charge < -0.3 is 8.98 Å². The lowest BCUT2D eigenvalue weighted by molar-refractivity contribution is 0.670. The maximum Gasteiger partial charge on any atom is 0.235 e. The number of hydrogen-bond donors (Lipinski definition) is 0. The van der Waals surface area contributed by atoms with Crippen LogP contribution in [0.1, 0.15) is 0 Å². The molecule has 0 aliphatic rings. The Morgan fingerprint density at radius 2 is 1.00 bits per heavy atom. The van der Waals surface area contributed by atoms with Crippen molar-refractivity contribution in [3.05, 3.63) is 158 Å². The first kappa shape index (κ1) is 26.4. The molecule has 0 bridgehead atoms. The summed E-state index contributed by atoms with van der Waals surface area (Å²) in [6, 6.07) is 55.2. The van der Waals surface area contributed by atoms with Crippen LogP contribution in [-0.2, 0) is 0 Å². The first-order chi connectivity index (χ1) is 24.3. The largest absolute Gasteiger partial charge is 0.455 e. The minimum Gasteiger partial charge on any atom is -0.455 e. The zero-order valence-corrected chi connectivity index (χ0v) is 26.2. The molecule has 11 rings (SSSR count). The Bertz CT molecular complexity index is 3110. The molecule has 4 heterocycles. The van der Waals surface area contributed by atoms with E-state index in [0.29, 0.717) is 5.95 Å². The summed E-state index contributed by atoms with van der Waals surface area (Å²) in [5.74, 6) is 0.624. The van der Waals surface area contributed by atoms with Crippen LogP contribution < -0.4 is 0 Å². The van der Waals surface area contributed by atoms with Crippen molar-refractivity contribution in [2.45, 2.75) is 0 Å². The van der Waals surface area contributed by atoms with E-state index in [9.17, 15) is 0 Å². The van der Waals surface area contributed by atoms with Crippen LogP contribution in [0.3, 0.4) is 0 Å². The molecule has 49 heavy (non-hydrogen) atoms. The van der Waals surface area contributed by atoms with Crippen molar-refractivity contribution < 1.29 is 4.42 Å². The molecule has 0 atom stereocenters. The Kier molecular flexibility index (Phi) is 5.32. The second kappa shape index (κ2) is 9.89. The molecule has 0 aliphatic carbocycles. The zero-order valence-electron chi connectivity index (χ0n) is 26.2. The van der Waals surface area contributed by atoms with Crippen molar-refractivity contribution in [1.29, 1.82) is 0 Å². The van der Waals surface area contributed by atoms with E-state index in [1.807, 2.05) is 24.3 Å². The van der Waals surface area contributed by atoms with Crippen LogP contribution in [0.15, 0.2) is 162 Å². The number of rotatable bonds is 3. The molecule has 11 aromatic rings. The van der Waals surface area contributed by atoms with Gasteiger partial charge in [-0.15, -0.1) is 0 Å². The summed E-state index contributed by atoms with van der Waals surface area (Å²) in [4.78, 5) is 10.7. The lowest BCUT2D eigenvalue weighted by Gasteiger charge is -2.12. The molecule has 0 fully saturated rings. The first-order valence-corrected chi connectivity index (χ1v) is 16.5. The molecular weight excluding hydrogens is 601 g/mol. The van der Waals surface area contributed by atoms with E-state index in [4.69, 9.17) is 14.4 Å². The lowest BCUT2D eigenvalue weighted by Crippen LogP contribution is -2.03. The molecule has 5 nitrogen and oxygen atoms in total. The van der Waals surface area contributed by atoms with Gasteiger partial charge in [0.1, 0.15) is 11.2 Å². The topological polar surface area (TPSA) is 48.8 Å². The number of nitrogens with zero attached hydrogens (tertiary/aromatic N) is 4. The molecule has 0 radical (unpaired) electrons. The maximum absolute atomic E-state index is 6.52. The quantitative estimate of drug-likeness (QED) is 0.196. The number of hydrogen-bond acceptors (Lipinski definition) is 3. The molecule has 0 saturated heterocycles. The Morgan fingerprint density at radius 1 is 0.408 bits per heavy atom. The summed E-state index contributed by atoms with van der Waals surface area (Å²) in [5.41, 5.74) is 9.97. The monoisotopic (exact) mass is 626 g/mol. The Hall–Kier alpha value is -6.72. The first-order valence-electron chi connectivity index (χ1n) is 16.5. The highest BCUT2D eigenvalue weighted by Gasteiger charge is 2.23. The van der Waals surface area contributed by atoms with Crippen LogP contribution in [0.25, 0.3) is 99.3 Å². The van der Waals surface area contributed by atoms with Gasteiger partial charge in [-0.1, -0.05) is 103 Å². The van der Waals surface area contributed by atoms with Gasteiger partial charge >= 0.3 is 0 Å². The summed E-state index contributed by atoms with van der Waals surface area (Å²) >= 11 is 0. The van der Waals surface area contributed by atoms with Gasteiger partial charge in [0, 0.05) is 49.0 Å². The highest BCUT2D eigenvalue weighted by Crippen LogP contribution is 2.43. The van der Waals surface area contributed by atoms with E-state index in [0.717, 1.165) is 66.2 Å². The van der Waals surface area contributed by atoms with Crippen molar-refractivity contribution in [1.82, 2.24) is 19.1 Å². The van der Waals surface area contributed by atoms with Crippen LogP contribution in [0.5, 0.6) is 0 Å². The van der Waals surface area contributed by atoms with Crippen molar-refractivity contribution in [2.24, 2.45) is 0 Å². The molecule has 0 N–H and O–H groups in total. The Morgan fingerprint density at radius 3 is 1.78 bits per heavy atom. The molecule has 0 aliphatic heterocycles. The third kappa shape index (κ3) is 3.64.